The van der Waals surface area contributed by atoms with Gasteiger partial charge in [-0.2, -0.15) is 0 Å². The molecule has 0 amide bonds. The third kappa shape index (κ3) is 3.93. The lowest BCUT2D eigenvalue weighted by Gasteiger charge is -2.36. The fraction of sp³-hybridized carbons (Fsp3) is 0.611. The van der Waals surface area contributed by atoms with Crippen molar-refractivity contribution in [2.75, 3.05) is 25.0 Å². The first-order valence-corrected chi connectivity index (χ1v) is 8.71. The van der Waals surface area contributed by atoms with E-state index in [1.807, 2.05) is 19.2 Å². The Morgan fingerprint density at radius 2 is 2.00 bits per heavy atom. The minimum Gasteiger partial charge on any atom is -0.444 e. The number of likely N-dealkylation sites (tertiary alicyclic amines) is 1. The highest BCUT2D eigenvalue weighted by molar-refractivity contribution is 5.39. The Morgan fingerprint density at radius 3 is 2.62 bits per heavy atom. The van der Waals surface area contributed by atoms with Crippen molar-refractivity contribution < 1.29 is 4.42 Å². The van der Waals surface area contributed by atoms with Gasteiger partial charge in [-0.1, -0.05) is 13.8 Å². The lowest BCUT2D eigenvalue weighted by Crippen LogP contribution is -2.43. The van der Waals surface area contributed by atoms with Crippen molar-refractivity contribution in [1.29, 1.82) is 0 Å². The maximum Gasteiger partial charge on any atom is 0.208 e. The van der Waals surface area contributed by atoms with Crippen molar-refractivity contribution >= 4 is 5.82 Å². The van der Waals surface area contributed by atoms with Crippen molar-refractivity contribution in [3.8, 4) is 0 Å². The second-order valence-electron chi connectivity index (χ2n) is 6.95. The quantitative estimate of drug-likeness (QED) is 0.840. The lowest BCUT2D eigenvalue weighted by atomic mass is 10.0. The Hall–Kier alpha value is -1.95. The van der Waals surface area contributed by atoms with Gasteiger partial charge < -0.3 is 9.32 Å². The number of aryl methyl sites for hydroxylation is 1. The zero-order chi connectivity index (χ0) is 17.1. The van der Waals surface area contributed by atoms with Crippen LogP contribution < -0.4 is 4.90 Å². The van der Waals surface area contributed by atoms with Gasteiger partial charge in [-0.15, -0.1) is 0 Å². The second-order valence-corrected chi connectivity index (χ2v) is 6.95. The normalized spacial score (nSPS) is 16.7. The third-order valence-corrected chi connectivity index (χ3v) is 4.75. The van der Waals surface area contributed by atoms with E-state index >= 15 is 0 Å². The largest absolute Gasteiger partial charge is 0.444 e. The van der Waals surface area contributed by atoms with Crippen LogP contribution in [0.1, 0.15) is 50.0 Å². The molecule has 2 aromatic rings. The standard InChI is InChI=1S/C18H27N5O/c1-13(2)16-10-19-18(24-16)11-23-7-5-15(6-8-23)22(4)17-9-14(3)20-12-21-17/h9-10,12-13,15H,5-8,11H2,1-4H3. The van der Waals surface area contributed by atoms with Crippen molar-refractivity contribution in [2.45, 2.75) is 52.1 Å². The van der Waals surface area contributed by atoms with Crippen molar-refractivity contribution in [1.82, 2.24) is 19.9 Å². The van der Waals surface area contributed by atoms with Gasteiger partial charge in [-0.3, -0.25) is 4.90 Å². The molecule has 130 valence electrons. The monoisotopic (exact) mass is 329 g/mol. The fourth-order valence-corrected chi connectivity index (χ4v) is 3.14. The predicted octanol–water partition coefficient (Wildman–Crippen LogP) is 3.00. The van der Waals surface area contributed by atoms with E-state index in [-0.39, 0.29) is 0 Å². The highest BCUT2D eigenvalue weighted by atomic mass is 16.4. The molecule has 1 aliphatic heterocycles. The number of anilines is 1. The van der Waals surface area contributed by atoms with Crippen LogP contribution >= 0.6 is 0 Å². The van der Waals surface area contributed by atoms with Gasteiger partial charge in [0.15, 0.2) is 0 Å². The Bertz CT molecular complexity index is 661. The van der Waals surface area contributed by atoms with E-state index in [9.17, 15) is 0 Å². The number of piperidine rings is 1. The van der Waals surface area contributed by atoms with Crippen LogP contribution in [-0.4, -0.2) is 46.0 Å². The lowest BCUT2D eigenvalue weighted by molar-refractivity contribution is 0.185. The van der Waals surface area contributed by atoms with Gasteiger partial charge >= 0.3 is 0 Å². The molecule has 0 N–H and O–H groups in total. The first-order chi connectivity index (χ1) is 11.5. The van der Waals surface area contributed by atoms with E-state index in [0.29, 0.717) is 12.0 Å². The summed E-state index contributed by atoms with van der Waals surface area (Å²) in [5, 5.41) is 0. The molecule has 0 saturated carbocycles. The highest BCUT2D eigenvalue weighted by Gasteiger charge is 2.24. The summed E-state index contributed by atoms with van der Waals surface area (Å²) in [6, 6.07) is 2.57. The molecule has 1 aliphatic rings. The van der Waals surface area contributed by atoms with E-state index in [4.69, 9.17) is 4.42 Å². The molecule has 0 aliphatic carbocycles. The molecule has 0 aromatic carbocycles. The minimum atomic E-state index is 0.391. The molecule has 6 heteroatoms. The molecule has 1 saturated heterocycles. The topological polar surface area (TPSA) is 58.3 Å². The molecule has 0 spiro atoms. The number of oxazole rings is 1. The zero-order valence-corrected chi connectivity index (χ0v) is 15.1. The second kappa shape index (κ2) is 7.30. The molecule has 6 nitrogen and oxygen atoms in total. The first-order valence-electron chi connectivity index (χ1n) is 8.71. The molecule has 3 rings (SSSR count). The summed E-state index contributed by atoms with van der Waals surface area (Å²) in [6.07, 6.45) is 5.75. The summed E-state index contributed by atoms with van der Waals surface area (Å²) in [5.41, 5.74) is 1.01. The average molecular weight is 329 g/mol. The van der Waals surface area contributed by atoms with Gasteiger partial charge in [0.1, 0.15) is 17.9 Å². The van der Waals surface area contributed by atoms with Crippen LogP contribution in [0.2, 0.25) is 0 Å². The fourth-order valence-electron chi connectivity index (χ4n) is 3.14. The maximum absolute atomic E-state index is 5.82. The highest BCUT2D eigenvalue weighted by Crippen LogP contribution is 2.22. The van der Waals surface area contributed by atoms with Crippen LogP contribution in [0.5, 0.6) is 0 Å². The number of hydrogen-bond donors (Lipinski definition) is 0. The van der Waals surface area contributed by atoms with Crippen LogP contribution in [0.25, 0.3) is 0 Å². The molecule has 3 heterocycles. The molecule has 0 bridgehead atoms. The Balaban J connectivity index is 1.53. The van der Waals surface area contributed by atoms with Crippen molar-refractivity contribution in [3.63, 3.8) is 0 Å². The Kier molecular flexibility index (Phi) is 5.14. The Labute approximate surface area is 143 Å². The molecular formula is C18H27N5O. The summed E-state index contributed by atoms with van der Waals surface area (Å²) >= 11 is 0. The van der Waals surface area contributed by atoms with E-state index in [1.54, 1.807) is 6.33 Å². The summed E-state index contributed by atoms with van der Waals surface area (Å²) in [6.45, 7) is 9.16. The summed E-state index contributed by atoms with van der Waals surface area (Å²) < 4.78 is 5.82. The summed E-state index contributed by atoms with van der Waals surface area (Å²) in [5.74, 6) is 3.20. The van der Waals surface area contributed by atoms with Crippen LogP contribution in [0.3, 0.4) is 0 Å². The van der Waals surface area contributed by atoms with E-state index in [1.165, 1.54) is 0 Å². The number of rotatable bonds is 5. The molecule has 0 radical (unpaired) electrons. The van der Waals surface area contributed by atoms with Gasteiger partial charge in [0.05, 0.1) is 12.7 Å². The van der Waals surface area contributed by atoms with Crippen molar-refractivity contribution in [2.24, 2.45) is 0 Å². The summed E-state index contributed by atoms with van der Waals surface area (Å²) in [4.78, 5) is 17.7. The number of hydrogen-bond acceptors (Lipinski definition) is 6. The minimum absolute atomic E-state index is 0.391. The predicted molar refractivity (Wildman–Crippen MR) is 94.1 cm³/mol. The van der Waals surface area contributed by atoms with E-state index in [2.05, 4.69) is 45.6 Å². The van der Waals surface area contributed by atoms with Gasteiger partial charge in [-0.25, -0.2) is 15.0 Å². The molecule has 24 heavy (non-hydrogen) atoms. The van der Waals surface area contributed by atoms with E-state index in [0.717, 1.165) is 55.6 Å². The third-order valence-electron chi connectivity index (χ3n) is 4.75. The zero-order valence-electron chi connectivity index (χ0n) is 15.1. The van der Waals surface area contributed by atoms with Crippen LogP contribution in [0, 0.1) is 6.92 Å². The molecular weight excluding hydrogens is 302 g/mol. The maximum atomic E-state index is 5.82. The van der Waals surface area contributed by atoms with Crippen LogP contribution in [-0.2, 0) is 6.54 Å². The molecule has 0 unspecified atom stereocenters. The first kappa shape index (κ1) is 16.9. The van der Waals surface area contributed by atoms with Gasteiger partial charge in [-0.05, 0) is 19.8 Å². The molecule has 1 fully saturated rings. The van der Waals surface area contributed by atoms with Gasteiger partial charge in [0.25, 0.3) is 0 Å². The SMILES string of the molecule is Cc1cc(N(C)C2CCN(Cc3ncc(C(C)C)o3)CC2)ncn1. The summed E-state index contributed by atoms with van der Waals surface area (Å²) in [7, 11) is 2.13. The van der Waals surface area contributed by atoms with Crippen LogP contribution in [0.4, 0.5) is 5.82 Å². The van der Waals surface area contributed by atoms with E-state index < -0.39 is 0 Å². The number of aromatic nitrogens is 3. The van der Waals surface area contributed by atoms with Gasteiger partial charge in [0.2, 0.25) is 5.89 Å². The Morgan fingerprint density at radius 1 is 1.25 bits per heavy atom. The van der Waals surface area contributed by atoms with Crippen molar-refractivity contribution in [3.05, 3.63) is 35.9 Å². The molecule has 0 atom stereocenters. The molecule has 2 aromatic heterocycles. The average Bonchev–Trinajstić information content (AvgIpc) is 3.04. The smallest absolute Gasteiger partial charge is 0.208 e. The van der Waals surface area contributed by atoms with Gasteiger partial charge in [0, 0.05) is 43.9 Å². The number of nitrogens with zero attached hydrogens (tertiary/aromatic N) is 5. The van der Waals surface area contributed by atoms with Crippen LogP contribution in [0.15, 0.2) is 23.0 Å².